The van der Waals surface area contributed by atoms with Crippen molar-refractivity contribution in [3.05, 3.63) is 52.3 Å². The maximum Gasteiger partial charge on any atom is 0.121 e. The Bertz CT molecular complexity index is 583. The van der Waals surface area contributed by atoms with Crippen molar-refractivity contribution in [2.24, 2.45) is 0 Å². The number of phenols is 1. The summed E-state index contributed by atoms with van der Waals surface area (Å²) in [6.07, 6.45) is 0. The second kappa shape index (κ2) is 5.31. The molecule has 2 rings (SSSR count). The number of aromatic nitrogens is 1. The second-order valence-electron chi connectivity index (χ2n) is 5.02. The SMILES string of the molecule is Cc1ccc(NCc2cc(C)c(O)c(C)c2)c(C)n1. The fourth-order valence-electron chi connectivity index (χ4n) is 2.22. The number of benzene rings is 1. The number of phenolic OH excluding ortho intramolecular Hbond substituents is 1. The summed E-state index contributed by atoms with van der Waals surface area (Å²) in [5.74, 6) is 0.386. The third-order valence-corrected chi connectivity index (χ3v) is 3.26. The summed E-state index contributed by atoms with van der Waals surface area (Å²) in [4.78, 5) is 4.43. The summed E-state index contributed by atoms with van der Waals surface area (Å²) >= 11 is 0. The predicted octanol–water partition coefficient (Wildman–Crippen LogP) is 3.63. The van der Waals surface area contributed by atoms with Gasteiger partial charge < -0.3 is 10.4 Å². The molecule has 0 amide bonds. The molecule has 0 saturated carbocycles. The first-order valence-corrected chi connectivity index (χ1v) is 6.44. The molecule has 0 unspecified atom stereocenters. The molecule has 3 nitrogen and oxygen atoms in total. The molecule has 1 heterocycles. The third kappa shape index (κ3) is 3.05. The average Bonchev–Trinajstić information content (AvgIpc) is 2.34. The van der Waals surface area contributed by atoms with Gasteiger partial charge in [0, 0.05) is 12.2 Å². The van der Waals surface area contributed by atoms with Crippen LogP contribution in [-0.2, 0) is 6.54 Å². The highest BCUT2D eigenvalue weighted by Crippen LogP contribution is 2.23. The fraction of sp³-hybridized carbons (Fsp3) is 0.312. The molecular weight excluding hydrogens is 236 g/mol. The van der Waals surface area contributed by atoms with E-state index in [0.717, 1.165) is 40.3 Å². The minimum atomic E-state index is 0.386. The number of aromatic hydroxyl groups is 1. The molecule has 2 N–H and O–H groups in total. The van der Waals surface area contributed by atoms with Gasteiger partial charge in [0.2, 0.25) is 0 Å². The minimum absolute atomic E-state index is 0.386. The smallest absolute Gasteiger partial charge is 0.121 e. The lowest BCUT2D eigenvalue weighted by molar-refractivity contribution is 0.466. The van der Waals surface area contributed by atoms with Crippen molar-refractivity contribution in [1.82, 2.24) is 4.98 Å². The van der Waals surface area contributed by atoms with Crippen molar-refractivity contribution in [2.75, 3.05) is 5.32 Å². The van der Waals surface area contributed by atoms with Crippen molar-refractivity contribution in [2.45, 2.75) is 34.2 Å². The van der Waals surface area contributed by atoms with Crippen molar-refractivity contribution in [1.29, 1.82) is 0 Å². The van der Waals surface area contributed by atoms with E-state index in [1.165, 1.54) is 0 Å². The van der Waals surface area contributed by atoms with Crippen LogP contribution in [0.4, 0.5) is 5.69 Å². The molecule has 19 heavy (non-hydrogen) atoms. The maximum absolute atomic E-state index is 9.76. The van der Waals surface area contributed by atoms with Gasteiger partial charge in [0.15, 0.2) is 0 Å². The van der Waals surface area contributed by atoms with E-state index in [0.29, 0.717) is 5.75 Å². The molecule has 0 fully saturated rings. The van der Waals surface area contributed by atoms with Crippen LogP contribution in [0.2, 0.25) is 0 Å². The van der Waals surface area contributed by atoms with E-state index < -0.39 is 0 Å². The molecule has 0 atom stereocenters. The number of anilines is 1. The van der Waals surface area contributed by atoms with Gasteiger partial charge in [-0.2, -0.15) is 0 Å². The van der Waals surface area contributed by atoms with Gasteiger partial charge in [-0.05, 0) is 56.5 Å². The lowest BCUT2D eigenvalue weighted by Gasteiger charge is -2.12. The topological polar surface area (TPSA) is 45.1 Å². The molecular formula is C16H20N2O. The number of rotatable bonds is 3. The molecule has 3 heteroatoms. The maximum atomic E-state index is 9.76. The summed E-state index contributed by atoms with van der Waals surface area (Å²) in [5, 5.41) is 13.1. The molecule has 1 aromatic carbocycles. The molecule has 0 spiro atoms. The van der Waals surface area contributed by atoms with Gasteiger partial charge in [-0.25, -0.2) is 0 Å². The Hall–Kier alpha value is -2.03. The zero-order valence-corrected chi connectivity index (χ0v) is 11.9. The van der Waals surface area contributed by atoms with Crippen LogP contribution in [0.15, 0.2) is 24.3 Å². The van der Waals surface area contributed by atoms with E-state index >= 15 is 0 Å². The Morgan fingerprint density at radius 2 is 1.68 bits per heavy atom. The molecule has 0 aliphatic heterocycles. The van der Waals surface area contributed by atoms with Crippen LogP contribution in [0.5, 0.6) is 5.75 Å². The van der Waals surface area contributed by atoms with Crippen LogP contribution >= 0.6 is 0 Å². The van der Waals surface area contributed by atoms with Crippen LogP contribution in [0.25, 0.3) is 0 Å². The molecule has 1 aromatic heterocycles. The Kier molecular flexibility index (Phi) is 3.74. The zero-order valence-electron chi connectivity index (χ0n) is 11.9. The van der Waals surface area contributed by atoms with Crippen molar-refractivity contribution >= 4 is 5.69 Å². The summed E-state index contributed by atoms with van der Waals surface area (Å²) < 4.78 is 0. The van der Waals surface area contributed by atoms with E-state index in [9.17, 15) is 5.11 Å². The van der Waals surface area contributed by atoms with Gasteiger partial charge in [-0.15, -0.1) is 0 Å². The molecule has 0 saturated heterocycles. The Morgan fingerprint density at radius 3 is 2.26 bits per heavy atom. The fourth-order valence-corrected chi connectivity index (χ4v) is 2.22. The molecule has 100 valence electrons. The number of aryl methyl sites for hydroxylation is 4. The predicted molar refractivity (Wildman–Crippen MR) is 78.6 cm³/mol. The highest BCUT2D eigenvalue weighted by Gasteiger charge is 2.04. The minimum Gasteiger partial charge on any atom is -0.507 e. The Labute approximate surface area is 114 Å². The van der Waals surface area contributed by atoms with E-state index in [2.05, 4.69) is 16.4 Å². The van der Waals surface area contributed by atoms with Crippen molar-refractivity contribution in [3.8, 4) is 5.75 Å². The van der Waals surface area contributed by atoms with E-state index in [4.69, 9.17) is 0 Å². The lowest BCUT2D eigenvalue weighted by atomic mass is 10.1. The van der Waals surface area contributed by atoms with Gasteiger partial charge in [-0.3, -0.25) is 4.98 Å². The summed E-state index contributed by atoms with van der Waals surface area (Å²) in [6, 6.07) is 8.07. The highest BCUT2D eigenvalue weighted by molar-refractivity contribution is 5.49. The average molecular weight is 256 g/mol. The lowest BCUT2D eigenvalue weighted by Crippen LogP contribution is -2.03. The van der Waals surface area contributed by atoms with Gasteiger partial charge in [-0.1, -0.05) is 12.1 Å². The number of hydrogen-bond acceptors (Lipinski definition) is 3. The second-order valence-corrected chi connectivity index (χ2v) is 5.02. The first kappa shape index (κ1) is 13.4. The van der Waals surface area contributed by atoms with Gasteiger partial charge >= 0.3 is 0 Å². The van der Waals surface area contributed by atoms with Crippen LogP contribution in [0.1, 0.15) is 28.1 Å². The summed E-state index contributed by atoms with van der Waals surface area (Å²) in [6.45, 7) is 8.56. The van der Waals surface area contributed by atoms with E-state index in [1.54, 1.807) is 0 Å². The summed E-state index contributed by atoms with van der Waals surface area (Å²) in [5.41, 5.74) is 6.07. The summed E-state index contributed by atoms with van der Waals surface area (Å²) in [7, 11) is 0. The monoisotopic (exact) mass is 256 g/mol. The third-order valence-electron chi connectivity index (χ3n) is 3.26. The first-order valence-electron chi connectivity index (χ1n) is 6.44. The van der Waals surface area contributed by atoms with Gasteiger partial charge in [0.25, 0.3) is 0 Å². The zero-order chi connectivity index (χ0) is 14.0. The largest absolute Gasteiger partial charge is 0.507 e. The molecule has 0 radical (unpaired) electrons. The van der Waals surface area contributed by atoms with E-state index in [1.807, 2.05) is 45.9 Å². The standard InChI is InChI=1S/C16H20N2O/c1-10-7-14(8-11(2)16(10)19)9-17-15-6-5-12(3)18-13(15)4/h5-8,17,19H,9H2,1-4H3. The molecule has 0 aliphatic rings. The van der Waals surface area contributed by atoms with Gasteiger partial charge in [0.05, 0.1) is 11.4 Å². The van der Waals surface area contributed by atoms with Crippen LogP contribution in [-0.4, -0.2) is 10.1 Å². The normalized spacial score (nSPS) is 10.5. The Morgan fingerprint density at radius 1 is 1.05 bits per heavy atom. The van der Waals surface area contributed by atoms with E-state index in [-0.39, 0.29) is 0 Å². The molecule has 2 aromatic rings. The number of nitrogens with one attached hydrogen (secondary N) is 1. The van der Waals surface area contributed by atoms with Crippen molar-refractivity contribution in [3.63, 3.8) is 0 Å². The van der Waals surface area contributed by atoms with Gasteiger partial charge in [0.1, 0.15) is 5.75 Å². The first-order chi connectivity index (χ1) is 8.97. The van der Waals surface area contributed by atoms with Crippen molar-refractivity contribution < 1.29 is 5.11 Å². The van der Waals surface area contributed by atoms with Crippen LogP contribution in [0.3, 0.4) is 0 Å². The molecule has 0 bridgehead atoms. The number of hydrogen-bond donors (Lipinski definition) is 2. The Balaban J connectivity index is 2.14. The molecule has 0 aliphatic carbocycles. The quantitative estimate of drug-likeness (QED) is 0.881. The number of nitrogens with zero attached hydrogens (tertiary/aromatic N) is 1. The van der Waals surface area contributed by atoms with Crippen LogP contribution < -0.4 is 5.32 Å². The highest BCUT2D eigenvalue weighted by atomic mass is 16.3. The number of pyridine rings is 1. The van der Waals surface area contributed by atoms with Crippen LogP contribution in [0, 0.1) is 27.7 Å².